The standard InChI is InChI=1S/C11H11F.C10H10ClF3O.C9H10BrCl.C9H9Cl3/c1-4-9-5-6-11(12)10(7-9)8(2)3;1-6(2)8-5-7(11)3-4-9(8)15-10(12,13)14;1-6(2)7-3-8(10)5-9(11)4-7;1-5(2)8-6(10)3-4-7(11)9(8)12/h1,5-8H,2-3H3;3-6H,1-2H3;3-6H,1-2H3;3-5H,1-2H3. The van der Waals surface area contributed by atoms with Crippen molar-refractivity contribution in [2.45, 2.75) is 85.4 Å². The Morgan fingerprint density at radius 1 is 0.660 bits per heavy atom. The lowest BCUT2D eigenvalue weighted by Gasteiger charge is -2.15. The smallest absolute Gasteiger partial charge is 0.405 e. The van der Waals surface area contributed by atoms with Crippen LogP contribution >= 0.6 is 73.9 Å². The zero-order valence-electron chi connectivity index (χ0n) is 28.9. The fraction of sp³-hybridized carbons (Fsp3) is 0.333. The maximum Gasteiger partial charge on any atom is 0.573 e. The molecule has 50 heavy (non-hydrogen) atoms. The molecule has 0 aliphatic rings. The lowest BCUT2D eigenvalue weighted by Crippen LogP contribution is -2.18. The van der Waals surface area contributed by atoms with Gasteiger partial charge in [-0.1, -0.05) is 135 Å². The lowest BCUT2D eigenvalue weighted by atomic mass is 10.0. The summed E-state index contributed by atoms with van der Waals surface area (Å²) in [5.74, 6) is 3.04. The van der Waals surface area contributed by atoms with E-state index < -0.39 is 6.36 Å². The number of benzene rings is 4. The molecular weight excluding hydrogens is 818 g/mol. The summed E-state index contributed by atoms with van der Waals surface area (Å²) in [5.41, 5.74) is 4.06. The Hall–Kier alpha value is -2.11. The van der Waals surface area contributed by atoms with Gasteiger partial charge in [-0.3, -0.25) is 0 Å². The zero-order valence-corrected chi connectivity index (χ0v) is 34.3. The van der Waals surface area contributed by atoms with Crippen LogP contribution in [0.4, 0.5) is 17.6 Å². The quantitative estimate of drug-likeness (QED) is 0.110. The fourth-order valence-corrected chi connectivity index (χ4v) is 6.28. The minimum Gasteiger partial charge on any atom is -0.405 e. The van der Waals surface area contributed by atoms with E-state index in [0.29, 0.717) is 43.1 Å². The second-order valence-corrected chi connectivity index (χ2v) is 15.2. The van der Waals surface area contributed by atoms with Gasteiger partial charge in [0.1, 0.15) is 11.6 Å². The van der Waals surface area contributed by atoms with Gasteiger partial charge in [0.25, 0.3) is 0 Å². The summed E-state index contributed by atoms with van der Waals surface area (Å²) in [5, 5.41) is 3.00. The number of hydrogen-bond acceptors (Lipinski definition) is 1. The van der Waals surface area contributed by atoms with Crippen LogP contribution in [0.15, 0.2) is 71.2 Å². The van der Waals surface area contributed by atoms with Gasteiger partial charge in [-0.2, -0.15) is 0 Å². The summed E-state index contributed by atoms with van der Waals surface area (Å²) < 4.78 is 54.1. The van der Waals surface area contributed by atoms with Crippen molar-refractivity contribution in [1.82, 2.24) is 0 Å². The minimum absolute atomic E-state index is 0.0824. The largest absolute Gasteiger partial charge is 0.573 e. The molecule has 0 aliphatic heterocycles. The molecule has 0 spiro atoms. The van der Waals surface area contributed by atoms with Gasteiger partial charge in [-0.25, -0.2) is 4.39 Å². The van der Waals surface area contributed by atoms with Crippen LogP contribution in [0.1, 0.15) is 107 Å². The van der Waals surface area contributed by atoms with E-state index in [2.05, 4.69) is 46.5 Å². The van der Waals surface area contributed by atoms with E-state index in [1.54, 1.807) is 38.1 Å². The molecule has 0 radical (unpaired) electrons. The molecule has 0 amide bonds. The van der Waals surface area contributed by atoms with Gasteiger partial charge >= 0.3 is 6.36 Å². The molecule has 272 valence electrons. The Kier molecular flexibility index (Phi) is 19.7. The second-order valence-electron chi connectivity index (χ2n) is 12.2. The van der Waals surface area contributed by atoms with Gasteiger partial charge in [0.15, 0.2) is 0 Å². The fourth-order valence-electron chi connectivity index (χ4n) is 4.24. The number of ether oxygens (including phenoxy) is 1. The van der Waals surface area contributed by atoms with E-state index in [1.165, 1.54) is 29.8 Å². The van der Waals surface area contributed by atoms with Crippen LogP contribution in [0.2, 0.25) is 25.1 Å². The van der Waals surface area contributed by atoms with Gasteiger partial charge in [-0.15, -0.1) is 19.6 Å². The molecule has 11 heteroatoms. The van der Waals surface area contributed by atoms with Crippen molar-refractivity contribution in [1.29, 1.82) is 0 Å². The molecule has 0 atom stereocenters. The van der Waals surface area contributed by atoms with Crippen molar-refractivity contribution in [3.8, 4) is 18.1 Å². The number of terminal acetylenes is 1. The van der Waals surface area contributed by atoms with Crippen molar-refractivity contribution in [3.63, 3.8) is 0 Å². The molecule has 4 aromatic carbocycles. The van der Waals surface area contributed by atoms with E-state index in [0.717, 1.165) is 20.6 Å². The summed E-state index contributed by atoms with van der Waals surface area (Å²) in [6.45, 7) is 15.8. The molecule has 4 rings (SSSR count). The Morgan fingerprint density at radius 2 is 1.24 bits per heavy atom. The molecule has 0 aliphatic carbocycles. The predicted molar refractivity (Wildman–Crippen MR) is 209 cm³/mol. The molecular formula is C39H40BrCl5F4O. The lowest BCUT2D eigenvalue weighted by molar-refractivity contribution is -0.274. The monoisotopic (exact) mass is 854 g/mol. The average Bonchev–Trinajstić information content (AvgIpc) is 3.00. The highest BCUT2D eigenvalue weighted by atomic mass is 79.9. The van der Waals surface area contributed by atoms with Crippen LogP contribution in [0.25, 0.3) is 0 Å². The van der Waals surface area contributed by atoms with E-state index >= 15 is 0 Å². The molecule has 1 nitrogen and oxygen atoms in total. The third-order valence-electron chi connectivity index (χ3n) is 6.81. The molecule has 0 bridgehead atoms. The molecule has 0 saturated carbocycles. The van der Waals surface area contributed by atoms with Crippen LogP contribution in [-0.4, -0.2) is 6.36 Å². The third kappa shape index (κ3) is 16.1. The highest BCUT2D eigenvalue weighted by Gasteiger charge is 2.32. The van der Waals surface area contributed by atoms with Crippen LogP contribution < -0.4 is 4.74 Å². The van der Waals surface area contributed by atoms with Gasteiger partial charge in [-0.05, 0) is 113 Å². The van der Waals surface area contributed by atoms with Gasteiger partial charge < -0.3 is 4.74 Å². The summed E-state index contributed by atoms with van der Waals surface area (Å²) in [6.07, 6.45) is 0.527. The molecule has 4 aromatic rings. The molecule has 0 aromatic heterocycles. The molecule has 0 N–H and O–H groups in total. The first-order valence-corrected chi connectivity index (χ1v) is 18.2. The SMILES string of the molecule is C#Cc1ccc(F)c(C(C)C)c1.CC(C)c1c(Cl)ccc(Cl)c1Cl.CC(C)c1cc(Cl)cc(Br)c1.CC(C)c1cc(Cl)ccc1OC(F)(F)F. The molecule has 0 unspecified atom stereocenters. The summed E-state index contributed by atoms with van der Waals surface area (Å²) in [7, 11) is 0. The number of alkyl halides is 3. The van der Waals surface area contributed by atoms with Crippen molar-refractivity contribution in [2.75, 3.05) is 0 Å². The highest BCUT2D eigenvalue weighted by Crippen LogP contribution is 2.36. The Balaban J connectivity index is 0.000000336. The van der Waals surface area contributed by atoms with Crippen molar-refractivity contribution in [2.24, 2.45) is 0 Å². The van der Waals surface area contributed by atoms with Gasteiger partial charge in [0.05, 0.1) is 10.0 Å². The van der Waals surface area contributed by atoms with E-state index in [1.807, 2.05) is 39.8 Å². The van der Waals surface area contributed by atoms with Crippen molar-refractivity contribution in [3.05, 3.63) is 130 Å². The summed E-state index contributed by atoms with van der Waals surface area (Å²) in [6, 6.07) is 18.3. The van der Waals surface area contributed by atoms with Gasteiger partial charge in [0.2, 0.25) is 0 Å². The Morgan fingerprint density at radius 3 is 1.70 bits per heavy atom. The highest BCUT2D eigenvalue weighted by molar-refractivity contribution is 9.10. The average molecular weight is 858 g/mol. The van der Waals surface area contributed by atoms with Crippen LogP contribution in [0, 0.1) is 18.2 Å². The maximum atomic E-state index is 13.1. The second kappa shape index (κ2) is 21.4. The van der Waals surface area contributed by atoms with Gasteiger partial charge in [0, 0.05) is 25.1 Å². The zero-order chi connectivity index (χ0) is 38.5. The van der Waals surface area contributed by atoms with Crippen molar-refractivity contribution >= 4 is 73.9 Å². The van der Waals surface area contributed by atoms with Crippen LogP contribution in [0.5, 0.6) is 5.75 Å². The van der Waals surface area contributed by atoms with E-state index in [4.69, 9.17) is 64.4 Å². The van der Waals surface area contributed by atoms with Crippen LogP contribution in [0.3, 0.4) is 0 Å². The first-order valence-electron chi connectivity index (χ1n) is 15.5. The Bertz CT molecular complexity index is 1710. The summed E-state index contributed by atoms with van der Waals surface area (Å²) in [4.78, 5) is 0. The molecule has 0 heterocycles. The van der Waals surface area contributed by atoms with E-state index in [-0.39, 0.29) is 23.4 Å². The minimum atomic E-state index is -4.67. The number of halogens is 10. The maximum absolute atomic E-state index is 13.1. The van der Waals surface area contributed by atoms with Crippen LogP contribution in [-0.2, 0) is 0 Å². The molecule has 0 fully saturated rings. The summed E-state index contributed by atoms with van der Waals surface area (Å²) >= 11 is 32.7. The first kappa shape index (κ1) is 45.9. The normalized spacial score (nSPS) is 10.9. The van der Waals surface area contributed by atoms with E-state index in [9.17, 15) is 17.6 Å². The molecule has 0 saturated heterocycles. The van der Waals surface area contributed by atoms with Crippen molar-refractivity contribution < 1.29 is 22.3 Å². The number of hydrogen-bond donors (Lipinski definition) is 0. The third-order valence-corrected chi connectivity index (χ3v) is 8.87. The topological polar surface area (TPSA) is 9.23 Å². The Labute approximate surface area is 327 Å². The first-order chi connectivity index (χ1) is 23.1. The number of rotatable bonds is 5. The predicted octanol–water partition coefficient (Wildman–Crippen LogP) is 16.3.